The standard InChI is InChI=1S/C11H15NO4/c1-15-9-5-3-4-7(10(9)13)6-8(12)11(14)16-2/h3-5,8,13H,6,12H2,1-2H3. The quantitative estimate of drug-likeness (QED) is 0.727. The molecule has 0 spiro atoms. The lowest BCUT2D eigenvalue weighted by molar-refractivity contribution is -0.142. The van der Waals surface area contributed by atoms with Gasteiger partial charge >= 0.3 is 5.97 Å². The molecule has 0 saturated carbocycles. The number of hydrogen-bond donors (Lipinski definition) is 2. The second kappa shape index (κ2) is 5.37. The zero-order chi connectivity index (χ0) is 12.1. The largest absolute Gasteiger partial charge is 0.504 e. The molecule has 0 fully saturated rings. The average Bonchev–Trinajstić information content (AvgIpc) is 2.30. The summed E-state index contributed by atoms with van der Waals surface area (Å²) in [4.78, 5) is 11.1. The van der Waals surface area contributed by atoms with Crippen molar-refractivity contribution in [3.8, 4) is 11.5 Å². The topological polar surface area (TPSA) is 81.8 Å². The smallest absolute Gasteiger partial charge is 0.322 e. The molecule has 1 unspecified atom stereocenters. The van der Waals surface area contributed by atoms with Gasteiger partial charge in [0.15, 0.2) is 11.5 Å². The van der Waals surface area contributed by atoms with Gasteiger partial charge in [-0.25, -0.2) is 0 Å². The fraction of sp³-hybridized carbons (Fsp3) is 0.364. The number of aromatic hydroxyl groups is 1. The van der Waals surface area contributed by atoms with E-state index in [2.05, 4.69) is 4.74 Å². The van der Waals surface area contributed by atoms with Crippen molar-refractivity contribution in [2.45, 2.75) is 12.5 Å². The summed E-state index contributed by atoms with van der Waals surface area (Å²) < 4.78 is 9.45. The van der Waals surface area contributed by atoms with E-state index < -0.39 is 12.0 Å². The van der Waals surface area contributed by atoms with Gasteiger partial charge < -0.3 is 20.3 Å². The molecular formula is C11H15NO4. The first-order valence-corrected chi connectivity index (χ1v) is 4.78. The van der Waals surface area contributed by atoms with Crippen molar-refractivity contribution in [2.75, 3.05) is 14.2 Å². The molecule has 5 nitrogen and oxygen atoms in total. The van der Waals surface area contributed by atoms with Crippen molar-refractivity contribution < 1.29 is 19.4 Å². The molecule has 1 aromatic carbocycles. The monoisotopic (exact) mass is 225 g/mol. The molecule has 0 aliphatic rings. The second-order valence-corrected chi connectivity index (χ2v) is 3.30. The Hall–Kier alpha value is -1.75. The van der Waals surface area contributed by atoms with E-state index in [1.54, 1.807) is 18.2 Å². The minimum absolute atomic E-state index is 0.00403. The first-order chi connectivity index (χ1) is 7.60. The van der Waals surface area contributed by atoms with Crippen LogP contribution in [0.1, 0.15) is 5.56 Å². The lowest BCUT2D eigenvalue weighted by Gasteiger charge is -2.12. The summed E-state index contributed by atoms with van der Waals surface area (Å²) in [6, 6.07) is 4.24. The van der Waals surface area contributed by atoms with Crippen molar-refractivity contribution in [3.63, 3.8) is 0 Å². The molecule has 0 aliphatic heterocycles. The zero-order valence-corrected chi connectivity index (χ0v) is 9.27. The Kier molecular flexibility index (Phi) is 4.13. The lowest BCUT2D eigenvalue weighted by atomic mass is 10.1. The summed E-state index contributed by atoms with van der Waals surface area (Å²) in [5.41, 5.74) is 6.15. The molecule has 0 radical (unpaired) electrons. The van der Waals surface area contributed by atoms with Crippen LogP contribution in [-0.2, 0) is 16.0 Å². The third-order valence-corrected chi connectivity index (χ3v) is 2.25. The normalized spacial score (nSPS) is 11.9. The number of carbonyl (C=O) groups is 1. The Morgan fingerprint density at radius 2 is 2.19 bits per heavy atom. The molecule has 1 aromatic rings. The van der Waals surface area contributed by atoms with Crippen LogP contribution < -0.4 is 10.5 Å². The Morgan fingerprint density at radius 1 is 1.50 bits per heavy atom. The lowest BCUT2D eigenvalue weighted by Crippen LogP contribution is -2.33. The predicted molar refractivity (Wildman–Crippen MR) is 58.4 cm³/mol. The van der Waals surface area contributed by atoms with E-state index in [1.807, 2.05) is 0 Å². The summed E-state index contributed by atoms with van der Waals surface area (Å²) >= 11 is 0. The molecule has 88 valence electrons. The Morgan fingerprint density at radius 3 is 2.75 bits per heavy atom. The number of carbonyl (C=O) groups excluding carboxylic acids is 1. The van der Waals surface area contributed by atoms with Gasteiger partial charge in [-0.15, -0.1) is 0 Å². The molecular weight excluding hydrogens is 210 g/mol. The summed E-state index contributed by atoms with van der Waals surface area (Å²) in [6.07, 6.45) is 0.204. The SMILES string of the molecule is COC(=O)C(N)Cc1cccc(OC)c1O. The molecule has 16 heavy (non-hydrogen) atoms. The van der Waals surface area contributed by atoms with Crippen LogP contribution in [0.5, 0.6) is 11.5 Å². The number of phenolic OH excluding ortho intramolecular Hbond substituents is 1. The van der Waals surface area contributed by atoms with E-state index in [-0.39, 0.29) is 12.2 Å². The van der Waals surface area contributed by atoms with Gasteiger partial charge in [0.2, 0.25) is 0 Å². The molecule has 0 saturated heterocycles. The molecule has 0 aliphatic carbocycles. The van der Waals surface area contributed by atoms with Gasteiger partial charge in [0.1, 0.15) is 6.04 Å². The zero-order valence-electron chi connectivity index (χ0n) is 9.27. The summed E-state index contributed by atoms with van der Waals surface area (Å²) in [6.45, 7) is 0. The average molecular weight is 225 g/mol. The maximum Gasteiger partial charge on any atom is 0.322 e. The fourth-order valence-corrected chi connectivity index (χ4v) is 1.37. The number of hydrogen-bond acceptors (Lipinski definition) is 5. The molecule has 5 heteroatoms. The van der Waals surface area contributed by atoms with Crippen molar-refractivity contribution in [3.05, 3.63) is 23.8 Å². The molecule has 3 N–H and O–H groups in total. The van der Waals surface area contributed by atoms with Crippen molar-refractivity contribution in [1.82, 2.24) is 0 Å². The first kappa shape index (κ1) is 12.3. The van der Waals surface area contributed by atoms with Gasteiger partial charge in [0, 0.05) is 6.42 Å². The number of esters is 1. The minimum Gasteiger partial charge on any atom is -0.504 e. The fourth-order valence-electron chi connectivity index (χ4n) is 1.37. The van der Waals surface area contributed by atoms with Gasteiger partial charge in [-0.3, -0.25) is 4.79 Å². The molecule has 1 atom stereocenters. The van der Waals surface area contributed by atoms with E-state index in [1.165, 1.54) is 14.2 Å². The number of benzene rings is 1. The Labute approximate surface area is 93.8 Å². The third kappa shape index (κ3) is 2.64. The van der Waals surface area contributed by atoms with Gasteiger partial charge in [-0.05, 0) is 11.6 Å². The number of phenols is 1. The van der Waals surface area contributed by atoms with E-state index in [0.717, 1.165) is 0 Å². The van der Waals surface area contributed by atoms with Gasteiger partial charge in [-0.1, -0.05) is 12.1 Å². The van der Waals surface area contributed by atoms with Crippen LogP contribution in [-0.4, -0.2) is 31.3 Å². The van der Waals surface area contributed by atoms with Crippen molar-refractivity contribution >= 4 is 5.97 Å². The third-order valence-electron chi connectivity index (χ3n) is 2.25. The Balaban J connectivity index is 2.85. The number of ether oxygens (including phenoxy) is 2. The highest BCUT2D eigenvalue weighted by Gasteiger charge is 2.17. The summed E-state index contributed by atoms with van der Waals surface area (Å²) in [7, 11) is 2.73. The predicted octanol–water partition coefficient (Wildman–Crippen LogP) is 0.444. The van der Waals surface area contributed by atoms with Crippen LogP contribution in [0.15, 0.2) is 18.2 Å². The van der Waals surface area contributed by atoms with Gasteiger partial charge in [0.25, 0.3) is 0 Å². The van der Waals surface area contributed by atoms with Crippen molar-refractivity contribution in [1.29, 1.82) is 0 Å². The Bertz CT molecular complexity index is 378. The maximum atomic E-state index is 11.1. The second-order valence-electron chi connectivity index (χ2n) is 3.30. The molecule has 0 bridgehead atoms. The van der Waals surface area contributed by atoms with Crippen LogP contribution >= 0.6 is 0 Å². The molecule has 0 heterocycles. The van der Waals surface area contributed by atoms with E-state index in [4.69, 9.17) is 10.5 Å². The molecule has 1 rings (SSSR count). The first-order valence-electron chi connectivity index (χ1n) is 4.78. The highest BCUT2D eigenvalue weighted by molar-refractivity contribution is 5.76. The van der Waals surface area contributed by atoms with Crippen LogP contribution in [0.2, 0.25) is 0 Å². The number of methoxy groups -OCH3 is 2. The summed E-state index contributed by atoms with van der Waals surface area (Å²) in [5, 5.41) is 9.76. The van der Waals surface area contributed by atoms with Crippen LogP contribution in [0.25, 0.3) is 0 Å². The summed E-state index contributed by atoms with van der Waals surface area (Å²) in [5.74, 6) is -0.152. The molecule has 0 amide bonds. The van der Waals surface area contributed by atoms with Crippen LogP contribution in [0.3, 0.4) is 0 Å². The van der Waals surface area contributed by atoms with E-state index in [9.17, 15) is 9.90 Å². The highest BCUT2D eigenvalue weighted by atomic mass is 16.5. The minimum atomic E-state index is -0.789. The van der Waals surface area contributed by atoms with E-state index in [0.29, 0.717) is 11.3 Å². The van der Waals surface area contributed by atoms with Gasteiger partial charge in [0.05, 0.1) is 14.2 Å². The van der Waals surface area contributed by atoms with Crippen LogP contribution in [0.4, 0.5) is 0 Å². The highest BCUT2D eigenvalue weighted by Crippen LogP contribution is 2.29. The van der Waals surface area contributed by atoms with E-state index >= 15 is 0 Å². The number of rotatable bonds is 4. The van der Waals surface area contributed by atoms with Gasteiger partial charge in [-0.2, -0.15) is 0 Å². The molecule has 0 aromatic heterocycles. The number of para-hydroxylation sites is 1. The number of nitrogens with two attached hydrogens (primary N) is 1. The van der Waals surface area contributed by atoms with Crippen molar-refractivity contribution in [2.24, 2.45) is 5.73 Å². The maximum absolute atomic E-state index is 11.1. The van der Waals surface area contributed by atoms with Crippen LogP contribution in [0, 0.1) is 0 Å².